The number of rotatable bonds is 8. The van der Waals surface area contributed by atoms with Gasteiger partial charge in [0.05, 0.1) is 13.5 Å². The summed E-state index contributed by atoms with van der Waals surface area (Å²) in [5.41, 5.74) is 5.47. The van der Waals surface area contributed by atoms with E-state index in [0.29, 0.717) is 19.0 Å². The van der Waals surface area contributed by atoms with Gasteiger partial charge in [-0.2, -0.15) is 0 Å². The molecule has 0 saturated heterocycles. The van der Waals surface area contributed by atoms with Crippen molar-refractivity contribution >= 4 is 11.9 Å². The molecule has 0 radical (unpaired) electrons. The van der Waals surface area contributed by atoms with Crippen LogP contribution in [-0.2, 0) is 19.1 Å². The maximum atomic E-state index is 12.1. The number of hydrogen-bond donors (Lipinski definition) is 1. The first kappa shape index (κ1) is 16.9. The lowest BCUT2D eigenvalue weighted by Crippen LogP contribution is -2.45. The van der Waals surface area contributed by atoms with Gasteiger partial charge in [-0.25, -0.2) is 0 Å². The highest BCUT2D eigenvalue weighted by Crippen LogP contribution is 2.05. The van der Waals surface area contributed by atoms with E-state index < -0.39 is 6.10 Å². The van der Waals surface area contributed by atoms with E-state index in [9.17, 15) is 9.59 Å². The van der Waals surface area contributed by atoms with Crippen LogP contribution in [0.3, 0.4) is 0 Å². The third kappa shape index (κ3) is 5.97. The molecule has 0 aliphatic heterocycles. The summed E-state index contributed by atoms with van der Waals surface area (Å²) in [7, 11) is 2.78. The SMILES string of the molecule is COC(=O)CCN(CC(C)C)C(=O)C(CN)OC. The van der Waals surface area contributed by atoms with Crippen LogP contribution in [-0.4, -0.2) is 56.7 Å². The molecule has 0 spiro atoms. The summed E-state index contributed by atoms with van der Waals surface area (Å²) in [6.45, 7) is 5.02. The second-order valence-electron chi connectivity index (χ2n) is 4.46. The summed E-state index contributed by atoms with van der Waals surface area (Å²) in [5.74, 6) is -0.210. The average Bonchev–Trinajstić information content (AvgIpc) is 2.34. The van der Waals surface area contributed by atoms with E-state index in [1.165, 1.54) is 14.2 Å². The Morgan fingerprint density at radius 1 is 1.28 bits per heavy atom. The lowest BCUT2D eigenvalue weighted by atomic mass is 10.2. The lowest BCUT2D eigenvalue weighted by Gasteiger charge is -2.27. The molecule has 0 fully saturated rings. The van der Waals surface area contributed by atoms with Crippen LogP contribution < -0.4 is 5.73 Å². The van der Waals surface area contributed by atoms with E-state index >= 15 is 0 Å². The van der Waals surface area contributed by atoms with Crippen LogP contribution in [0.15, 0.2) is 0 Å². The number of ether oxygens (including phenoxy) is 2. The van der Waals surface area contributed by atoms with Crippen LogP contribution in [0.4, 0.5) is 0 Å². The minimum Gasteiger partial charge on any atom is -0.469 e. The van der Waals surface area contributed by atoms with Gasteiger partial charge in [-0.15, -0.1) is 0 Å². The first-order valence-corrected chi connectivity index (χ1v) is 6.04. The van der Waals surface area contributed by atoms with Crippen molar-refractivity contribution in [3.05, 3.63) is 0 Å². The van der Waals surface area contributed by atoms with Crippen LogP contribution in [0.25, 0.3) is 0 Å². The molecule has 0 saturated carbocycles. The Morgan fingerprint density at radius 2 is 1.89 bits per heavy atom. The zero-order valence-electron chi connectivity index (χ0n) is 11.6. The Bertz CT molecular complexity index is 265. The smallest absolute Gasteiger partial charge is 0.307 e. The number of carbonyl (C=O) groups is 2. The van der Waals surface area contributed by atoms with Crippen molar-refractivity contribution in [1.29, 1.82) is 0 Å². The molecule has 6 heteroatoms. The largest absolute Gasteiger partial charge is 0.469 e. The summed E-state index contributed by atoms with van der Waals surface area (Å²) < 4.78 is 9.59. The lowest BCUT2D eigenvalue weighted by molar-refractivity contribution is -0.145. The van der Waals surface area contributed by atoms with E-state index in [-0.39, 0.29) is 24.8 Å². The summed E-state index contributed by atoms with van der Waals surface area (Å²) in [5, 5.41) is 0. The Hall–Kier alpha value is -1.14. The van der Waals surface area contributed by atoms with Crippen LogP contribution in [0.5, 0.6) is 0 Å². The molecule has 1 unspecified atom stereocenters. The molecule has 0 aromatic heterocycles. The van der Waals surface area contributed by atoms with E-state index in [0.717, 1.165) is 0 Å². The van der Waals surface area contributed by atoms with Gasteiger partial charge < -0.3 is 20.1 Å². The molecule has 2 N–H and O–H groups in total. The molecule has 106 valence electrons. The van der Waals surface area contributed by atoms with E-state index in [1.807, 2.05) is 13.8 Å². The molecule has 1 atom stereocenters. The Labute approximate surface area is 108 Å². The van der Waals surface area contributed by atoms with Gasteiger partial charge in [-0.05, 0) is 5.92 Å². The molecule has 0 bridgehead atoms. The Morgan fingerprint density at radius 3 is 2.28 bits per heavy atom. The second-order valence-corrected chi connectivity index (χ2v) is 4.46. The van der Waals surface area contributed by atoms with Gasteiger partial charge in [-0.1, -0.05) is 13.8 Å². The van der Waals surface area contributed by atoms with Crippen LogP contribution in [0, 0.1) is 5.92 Å². The number of esters is 1. The molecule has 6 nitrogen and oxygen atoms in total. The molecule has 0 aliphatic carbocycles. The molecular formula is C12H24N2O4. The van der Waals surface area contributed by atoms with Crippen molar-refractivity contribution in [3.8, 4) is 0 Å². The highest BCUT2D eigenvalue weighted by Gasteiger charge is 2.24. The van der Waals surface area contributed by atoms with Crippen molar-refractivity contribution in [1.82, 2.24) is 4.90 Å². The van der Waals surface area contributed by atoms with Gasteiger partial charge in [0, 0.05) is 26.7 Å². The predicted molar refractivity (Wildman–Crippen MR) is 67.9 cm³/mol. The van der Waals surface area contributed by atoms with E-state index in [4.69, 9.17) is 10.5 Å². The van der Waals surface area contributed by atoms with Crippen molar-refractivity contribution < 1.29 is 19.1 Å². The summed E-state index contributed by atoms with van der Waals surface area (Å²) in [6, 6.07) is 0. The van der Waals surface area contributed by atoms with Gasteiger partial charge in [-0.3, -0.25) is 9.59 Å². The number of methoxy groups -OCH3 is 2. The normalized spacial score (nSPS) is 12.3. The first-order valence-electron chi connectivity index (χ1n) is 6.04. The first-order chi connectivity index (χ1) is 8.46. The maximum Gasteiger partial charge on any atom is 0.307 e. The van der Waals surface area contributed by atoms with Crippen molar-refractivity contribution in [2.45, 2.75) is 26.4 Å². The minimum atomic E-state index is -0.651. The minimum absolute atomic E-state index is 0.127. The quantitative estimate of drug-likeness (QED) is 0.622. The highest BCUT2D eigenvalue weighted by molar-refractivity contribution is 5.81. The summed E-state index contributed by atoms with van der Waals surface area (Å²) in [6.07, 6.45) is -0.475. The second kappa shape index (κ2) is 8.88. The Balaban J connectivity index is 4.55. The molecule has 1 amide bonds. The standard InChI is InChI=1S/C12H24N2O4/c1-9(2)8-14(6-5-11(15)18-4)12(16)10(7-13)17-3/h9-10H,5-8,13H2,1-4H3. The van der Waals surface area contributed by atoms with Crippen LogP contribution in [0.2, 0.25) is 0 Å². The number of amides is 1. The molecule has 0 heterocycles. The number of nitrogens with zero attached hydrogens (tertiary/aromatic N) is 1. The third-order valence-electron chi connectivity index (χ3n) is 2.48. The average molecular weight is 260 g/mol. The van der Waals surface area contributed by atoms with Crippen molar-refractivity contribution in [3.63, 3.8) is 0 Å². The van der Waals surface area contributed by atoms with Gasteiger partial charge in [0.1, 0.15) is 6.10 Å². The van der Waals surface area contributed by atoms with E-state index in [2.05, 4.69) is 4.74 Å². The van der Waals surface area contributed by atoms with Crippen molar-refractivity contribution in [2.75, 3.05) is 33.9 Å². The van der Waals surface area contributed by atoms with E-state index in [1.54, 1.807) is 4.90 Å². The topological polar surface area (TPSA) is 81.9 Å². The molecule has 0 aromatic carbocycles. The fourth-order valence-electron chi connectivity index (χ4n) is 1.56. The number of carbonyl (C=O) groups excluding carboxylic acids is 2. The fraction of sp³-hybridized carbons (Fsp3) is 0.833. The molecule has 0 rings (SSSR count). The number of nitrogens with two attached hydrogens (primary N) is 1. The molecule has 0 aromatic rings. The van der Waals surface area contributed by atoms with Crippen molar-refractivity contribution in [2.24, 2.45) is 11.7 Å². The molecule has 0 aliphatic rings. The van der Waals surface area contributed by atoms with Gasteiger partial charge >= 0.3 is 5.97 Å². The Kier molecular flexibility index (Phi) is 8.32. The predicted octanol–water partition coefficient (Wildman–Crippen LogP) is 0.00780. The summed E-state index contributed by atoms with van der Waals surface area (Å²) >= 11 is 0. The fourth-order valence-corrected chi connectivity index (χ4v) is 1.56. The van der Waals surface area contributed by atoms with Crippen LogP contribution >= 0.6 is 0 Å². The zero-order chi connectivity index (χ0) is 14.1. The van der Waals surface area contributed by atoms with Gasteiger partial charge in [0.15, 0.2) is 0 Å². The zero-order valence-corrected chi connectivity index (χ0v) is 11.6. The monoisotopic (exact) mass is 260 g/mol. The van der Waals surface area contributed by atoms with Gasteiger partial charge in [0.2, 0.25) is 0 Å². The van der Waals surface area contributed by atoms with Gasteiger partial charge in [0.25, 0.3) is 5.91 Å². The summed E-state index contributed by atoms with van der Waals surface area (Å²) in [4.78, 5) is 24.8. The van der Waals surface area contributed by atoms with Crippen LogP contribution in [0.1, 0.15) is 20.3 Å². The molecular weight excluding hydrogens is 236 g/mol. The highest BCUT2D eigenvalue weighted by atomic mass is 16.5. The number of hydrogen-bond acceptors (Lipinski definition) is 5. The maximum absolute atomic E-state index is 12.1. The third-order valence-corrected chi connectivity index (χ3v) is 2.48. The molecule has 18 heavy (non-hydrogen) atoms.